The molecule has 78 valence electrons. The van der Waals surface area contributed by atoms with Gasteiger partial charge in [-0.1, -0.05) is 17.7 Å². The minimum absolute atomic E-state index is 0.702. The lowest BCUT2D eigenvalue weighted by molar-refractivity contribution is 1.56. The maximum atomic E-state index is 6.17. The molecule has 1 nitrogen and oxygen atoms in total. The van der Waals surface area contributed by atoms with E-state index in [9.17, 15) is 0 Å². The second kappa shape index (κ2) is 3.87. The van der Waals surface area contributed by atoms with Crippen LogP contribution in [0.2, 0.25) is 5.02 Å². The Labute approximate surface area is 98.5 Å². The number of benzene rings is 1. The SMILES string of the molecule is Cc1cc(-c2ccc(N)cc2Cl)c(C)s1. The summed E-state index contributed by atoms with van der Waals surface area (Å²) in [5, 5.41) is 0.718. The number of rotatable bonds is 1. The van der Waals surface area contributed by atoms with Crippen molar-refractivity contribution in [3.05, 3.63) is 39.0 Å². The molecular weight excluding hydrogens is 226 g/mol. The third-order valence-electron chi connectivity index (χ3n) is 2.32. The van der Waals surface area contributed by atoms with Gasteiger partial charge in [-0.15, -0.1) is 11.3 Å². The van der Waals surface area contributed by atoms with Crippen LogP contribution < -0.4 is 5.73 Å². The highest BCUT2D eigenvalue weighted by molar-refractivity contribution is 7.12. The molecule has 2 N–H and O–H groups in total. The molecule has 0 aliphatic heterocycles. The summed E-state index contributed by atoms with van der Waals surface area (Å²) in [6.07, 6.45) is 0. The van der Waals surface area contributed by atoms with Crippen molar-refractivity contribution >= 4 is 28.6 Å². The molecule has 1 aromatic carbocycles. The van der Waals surface area contributed by atoms with E-state index in [1.54, 1.807) is 17.4 Å². The summed E-state index contributed by atoms with van der Waals surface area (Å²) in [7, 11) is 0. The van der Waals surface area contributed by atoms with E-state index < -0.39 is 0 Å². The number of anilines is 1. The van der Waals surface area contributed by atoms with Crippen LogP contribution in [0.5, 0.6) is 0 Å². The highest BCUT2D eigenvalue weighted by atomic mass is 35.5. The van der Waals surface area contributed by atoms with Crippen LogP contribution in [0.1, 0.15) is 9.75 Å². The van der Waals surface area contributed by atoms with E-state index in [0.29, 0.717) is 5.69 Å². The fourth-order valence-corrected chi connectivity index (χ4v) is 2.88. The van der Waals surface area contributed by atoms with Gasteiger partial charge in [-0.05, 0) is 37.6 Å². The van der Waals surface area contributed by atoms with Crippen molar-refractivity contribution in [1.29, 1.82) is 0 Å². The van der Waals surface area contributed by atoms with Crippen LogP contribution in [-0.2, 0) is 0 Å². The molecule has 2 aromatic rings. The lowest BCUT2D eigenvalue weighted by Gasteiger charge is -2.04. The second-order valence-electron chi connectivity index (χ2n) is 3.57. The highest BCUT2D eigenvalue weighted by Gasteiger charge is 2.09. The molecule has 15 heavy (non-hydrogen) atoms. The minimum atomic E-state index is 0.702. The molecule has 1 heterocycles. The Hall–Kier alpha value is -0.990. The number of aryl methyl sites for hydroxylation is 2. The van der Waals surface area contributed by atoms with Gasteiger partial charge in [0.1, 0.15) is 0 Å². The van der Waals surface area contributed by atoms with Crippen LogP contribution in [0.25, 0.3) is 11.1 Å². The van der Waals surface area contributed by atoms with E-state index in [4.69, 9.17) is 17.3 Å². The van der Waals surface area contributed by atoms with Crippen LogP contribution in [0.3, 0.4) is 0 Å². The number of halogens is 1. The van der Waals surface area contributed by atoms with Gasteiger partial charge in [0, 0.05) is 21.0 Å². The van der Waals surface area contributed by atoms with Crippen LogP contribution in [0.15, 0.2) is 24.3 Å². The molecule has 0 radical (unpaired) electrons. The Morgan fingerprint density at radius 2 is 1.87 bits per heavy atom. The normalized spacial score (nSPS) is 10.6. The van der Waals surface area contributed by atoms with Gasteiger partial charge in [0.05, 0.1) is 5.02 Å². The average Bonchev–Trinajstić information content (AvgIpc) is 2.45. The smallest absolute Gasteiger partial charge is 0.0505 e. The van der Waals surface area contributed by atoms with Crippen molar-refractivity contribution in [3.8, 4) is 11.1 Å². The van der Waals surface area contributed by atoms with Crippen LogP contribution >= 0.6 is 22.9 Å². The molecule has 0 saturated carbocycles. The maximum absolute atomic E-state index is 6.17. The molecule has 2 rings (SSSR count). The number of hydrogen-bond acceptors (Lipinski definition) is 2. The van der Waals surface area contributed by atoms with Crippen LogP contribution in [0.4, 0.5) is 5.69 Å². The Kier molecular flexibility index (Phi) is 2.72. The molecule has 0 unspecified atom stereocenters. The first-order valence-corrected chi connectivity index (χ1v) is 5.90. The molecule has 3 heteroatoms. The van der Waals surface area contributed by atoms with Crippen molar-refractivity contribution in [2.24, 2.45) is 0 Å². The van der Waals surface area contributed by atoms with Gasteiger partial charge in [0.25, 0.3) is 0 Å². The van der Waals surface area contributed by atoms with Crippen molar-refractivity contribution in [1.82, 2.24) is 0 Å². The minimum Gasteiger partial charge on any atom is -0.399 e. The quantitative estimate of drug-likeness (QED) is 0.737. The van der Waals surface area contributed by atoms with Gasteiger partial charge in [0.2, 0.25) is 0 Å². The van der Waals surface area contributed by atoms with Gasteiger partial charge in [0.15, 0.2) is 0 Å². The standard InChI is InChI=1S/C12H12ClNS/c1-7-5-11(8(2)15-7)10-4-3-9(14)6-12(10)13/h3-6H,14H2,1-2H3. The van der Waals surface area contributed by atoms with Gasteiger partial charge in [-0.3, -0.25) is 0 Å². The van der Waals surface area contributed by atoms with Crippen LogP contribution in [-0.4, -0.2) is 0 Å². The van der Waals surface area contributed by atoms with E-state index >= 15 is 0 Å². The zero-order valence-electron chi connectivity index (χ0n) is 8.67. The van der Waals surface area contributed by atoms with Crippen molar-refractivity contribution in [2.45, 2.75) is 13.8 Å². The first kappa shape index (κ1) is 10.5. The van der Waals surface area contributed by atoms with Crippen LogP contribution in [0, 0.1) is 13.8 Å². The summed E-state index contributed by atoms with van der Waals surface area (Å²) in [4.78, 5) is 2.59. The van der Waals surface area contributed by atoms with Gasteiger partial charge in [-0.25, -0.2) is 0 Å². The monoisotopic (exact) mass is 237 g/mol. The summed E-state index contributed by atoms with van der Waals surface area (Å²) in [6, 6.07) is 7.82. The number of thiophene rings is 1. The largest absolute Gasteiger partial charge is 0.399 e. The zero-order valence-corrected chi connectivity index (χ0v) is 10.2. The predicted octanol–water partition coefficient (Wildman–Crippen LogP) is 4.27. The third kappa shape index (κ3) is 2.01. The summed E-state index contributed by atoms with van der Waals surface area (Å²) in [5.74, 6) is 0. The van der Waals surface area contributed by atoms with Gasteiger partial charge in [-0.2, -0.15) is 0 Å². The van der Waals surface area contributed by atoms with E-state index in [0.717, 1.165) is 10.6 Å². The Morgan fingerprint density at radius 3 is 2.40 bits per heavy atom. The number of hydrogen-bond donors (Lipinski definition) is 1. The molecule has 0 atom stereocenters. The molecule has 0 aliphatic carbocycles. The van der Waals surface area contributed by atoms with Gasteiger partial charge >= 0.3 is 0 Å². The molecule has 0 fully saturated rings. The maximum Gasteiger partial charge on any atom is 0.0505 e. The fourth-order valence-electron chi connectivity index (χ4n) is 1.65. The van der Waals surface area contributed by atoms with Crippen molar-refractivity contribution < 1.29 is 0 Å². The summed E-state index contributed by atoms with van der Waals surface area (Å²) < 4.78 is 0. The molecule has 0 saturated heterocycles. The summed E-state index contributed by atoms with van der Waals surface area (Å²) in [5.41, 5.74) is 8.64. The van der Waals surface area contributed by atoms with Crippen molar-refractivity contribution in [3.63, 3.8) is 0 Å². The second-order valence-corrected chi connectivity index (χ2v) is 5.43. The Balaban J connectivity index is 2.59. The topological polar surface area (TPSA) is 26.0 Å². The Bertz CT molecular complexity index is 502. The van der Waals surface area contributed by atoms with E-state index in [2.05, 4.69) is 19.9 Å². The van der Waals surface area contributed by atoms with E-state index in [-0.39, 0.29) is 0 Å². The molecular formula is C12H12ClNS. The summed E-state index contributed by atoms with van der Waals surface area (Å²) in [6.45, 7) is 4.21. The van der Waals surface area contributed by atoms with E-state index in [1.807, 2.05) is 12.1 Å². The van der Waals surface area contributed by atoms with Crippen molar-refractivity contribution in [2.75, 3.05) is 5.73 Å². The lowest BCUT2D eigenvalue weighted by Crippen LogP contribution is -1.85. The fraction of sp³-hybridized carbons (Fsp3) is 0.167. The number of nitrogen functional groups attached to an aromatic ring is 1. The first-order valence-electron chi connectivity index (χ1n) is 4.70. The molecule has 0 spiro atoms. The zero-order chi connectivity index (χ0) is 11.0. The van der Waals surface area contributed by atoms with E-state index in [1.165, 1.54) is 15.3 Å². The number of nitrogens with two attached hydrogens (primary N) is 1. The third-order valence-corrected chi connectivity index (χ3v) is 3.60. The lowest BCUT2D eigenvalue weighted by atomic mass is 10.1. The Morgan fingerprint density at radius 1 is 1.13 bits per heavy atom. The molecule has 0 aliphatic rings. The van der Waals surface area contributed by atoms with Gasteiger partial charge < -0.3 is 5.73 Å². The average molecular weight is 238 g/mol. The molecule has 1 aromatic heterocycles. The first-order chi connectivity index (χ1) is 7.08. The molecule has 0 amide bonds. The predicted molar refractivity (Wildman–Crippen MR) is 68.7 cm³/mol. The molecule has 0 bridgehead atoms. The highest BCUT2D eigenvalue weighted by Crippen LogP contribution is 2.35. The summed E-state index contributed by atoms with van der Waals surface area (Å²) >= 11 is 7.96.